The van der Waals surface area contributed by atoms with E-state index < -0.39 is 35.0 Å². The Morgan fingerprint density at radius 2 is 1.85 bits per heavy atom. The minimum atomic E-state index is -4.50. The molecule has 1 spiro atoms. The van der Waals surface area contributed by atoms with E-state index in [0.29, 0.717) is 46.6 Å². The second-order valence-electron chi connectivity index (χ2n) is 12.1. The van der Waals surface area contributed by atoms with Crippen LogP contribution in [0.15, 0.2) is 67.0 Å². The monoisotopic (exact) mass is 639 g/mol. The Labute approximate surface area is 266 Å². The van der Waals surface area contributed by atoms with E-state index in [1.54, 1.807) is 36.7 Å². The predicted octanol–water partition coefficient (Wildman–Crippen LogP) is 3.95. The molecule has 0 bridgehead atoms. The molecule has 2 aromatic heterocycles. The largest absolute Gasteiger partial charge is 0.416 e. The maximum atomic E-state index is 14.0. The molecule has 4 heterocycles. The molecule has 47 heavy (non-hydrogen) atoms. The number of aromatic nitrogens is 2. The van der Waals surface area contributed by atoms with Gasteiger partial charge in [-0.25, -0.2) is 4.98 Å². The minimum Gasteiger partial charge on any atom is -0.398 e. The van der Waals surface area contributed by atoms with Crippen LogP contribution in [0.3, 0.4) is 0 Å². The third-order valence-corrected chi connectivity index (χ3v) is 9.26. The van der Waals surface area contributed by atoms with Crippen molar-refractivity contribution in [2.75, 3.05) is 11.1 Å². The average Bonchev–Trinajstić information content (AvgIpc) is 3.53. The first-order chi connectivity index (χ1) is 22.5. The van der Waals surface area contributed by atoms with E-state index in [1.807, 2.05) is 6.07 Å². The fourth-order valence-corrected chi connectivity index (χ4v) is 6.85. The Kier molecular flexibility index (Phi) is 7.06. The first-order valence-corrected chi connectivity index (χ1v) is 14.9. The van der Waals surface area contributed by atoms with E-state index in [4.69, 9.17) is 11.1 Å². The Balaban J connectivity index is 1.16. The number of rotatable bonds is 5. The summed E-state index contributed by atoms with van der Waals surface area (Å²) in [4.78, 5) is 50.8. The maximum Gasteiger partial charge on any atom is 0.416 e. The van der Waals surface area contributed by atoms with Crippen LogP contribution in [0.2, 0.25) is 0 Å². The molecule has 2 aromatic carbocycles. The zero-order chi connectivity index (χ0) is 33.1. The molecule has 13 heteroatoms. The molecule has 3 aliphatic rings. The number of fused-ring (bicyclic) bond motifs is 4. The summed E-state index contributed by atoms with van der Waals surface area (Å²) in [6, 6.07) is 12.2. The number of carbonyl (C=O) groups is 3. The summed E-state index contributed by atoms with van der Waals surface area (Å²) in [5.74, 6) is -0.673. The van der Waals surface area contributed by atoms with Gasteiger partial charge in [-0.15, -0.1) is 0 Å². The van der Waals surface area contributed by atoms with Crippen LogP contribution in [-0.2, 0) is 53.5 Å². The number of carbonyl (C=O) groups excluding carboxylic acids is 3. The quantitative estimate of drug-likeness (QED) is 0.192. The maximum absolute atomic E-state index is 14.0. The first kappa shape index (κ1) is 30.1. The summed E-state index contributed by atoms with van der Waals surface area (Å²) in [6.07, 6.45) is 0.677. The number of hydrogen-bond acceptors (Lipinski definition) is 7. The van der Waals surface area contributed by atoms with Crippen molar-refractivity contribution in [2.24, 2.45) is 0 Å². The van der Waals surface area contributed by atoms with Gasteiger partial charge >= 0.3 is 6.18 Å². The molecule has 0 fully saturated rings. The highest BCUT2D eigenvalue weighted by Gasteiger charge is 2.51. The van der Waals surface area contributed by atoms with Gasteiger partial charge in [-0.05, 0) is 71.0 Å². The molecule has 4 aromatic rings. The van der Waals surface area contributed by atoms with Gasteiger partial charge in [0.25, 0.3) is 5.91 Å². The Hall–Kier alpha value is -5.59. The molecule has 238 valence electrons. The molecule has 2 atom stereocenters. The Morgan fingerprint density at radius 3 is 2.60 bits per heavy atom. The fourth-order valence-electron chi connectivity index (χ4n) is 6.85. The Bertz CT molecular complexity index is 1980. The van der Waals surface area contributed by atoms with Gasteiger partial charge in [0.05, 0.1) is 11.0 Å². The average molecular weight is 640 g/mol. The molecule has 3 amide bonds. The zero-order valence-electron chi connectivity index (χ0n) is 24.8. The molecule has 1 aliphatic carbocycles. The number of nitrogens with one attached hydrogen (secondary N) is 3. The van der Waals surface area contributed by atoms with Gasteiger partial charge in [0.1, 0.15) is 17.6 Å². The lowest BCUT2D eigenvalue weighted by molar-refractivity contribution is -0.137. The first-order valence-electron chi connectivity index (χ1n) is 14.9. The van der Waals surface area contributed by atoms with Crippen molar-refractivity contribution >= 4 is 35.4 Å². The standard InChI is InChI=1S/C34H28F3N7O3/c35-34(36,37)22-6-3-18(4-7-22)16-44-17-24-19(5-8-26(39)23(24)14-38)10-28(31(44)46)42-30(45)27-11-20-12-33(13-21(20)15-41-27)25-2-1-9-40-29(25)43-32(33)47/h1-9,11,14-15,28,38H,10,12-13,16-17,39H2,(H,42,45)(H,40,43,47)/t28-,33?/m1/s1. The van der Waals surface area contributed by atoms with Gasteiger partial charge in [-0.2, -0.15) is 13.2 Å². The van der Waals surface area contributed by atoms with Gasteiger partial charge in [0.15, 0.2) is 0 Å². The van der Waals surface area contributed by atoms with Crippen LogP contribution in [0, 0.1) is 5.41 Å². The number of halogens is 3. The van der Waals surface area contributed by atoms with E-state index >= 15 is 0 Å². The molecular formula is C34H28F3N7O3. The normalized spacial score (nSPS) is 19.9. The van der Waals surface area contributed by atoms with Crippen LogP contribution in [0.1, 0.15) is 55.0 Å². The van der Waals surface area contributed by atoms with Crippen molar-refractivity contribution in [3.63, 3.8) is 0 Å². The number of nitrogen functional groups attached to an aromatic ring is 1. The van der Waals surface area contributed by atoms with Crippen LogP contribution in [0.25, 0.3) is 0 Å². The molecule has 10 nitrogen and oxygen atoms in total. The van der Waals surface area contributed by atoms with Crippen LogP contribution in [-0.4, -0.2) is 44.8 Å². The SMILES string of the molecule is N=Cc1c(N)ccc2c1CN(Cc1ccc(C(F)(F)F)cc1)C(=O)[C@H](NC(=O)c1cc3c(cn1)CC1(C3)C(=O)Nc3ncccc31)C2. The van der Waals surface area contributed by atoms with Crippen molar-refractivity contribution in [2.45, 2.75) is 50.0 Å². The molecule has 0 saturated carbocycles. The van der Waals surface area contributed by atoms with E-state index in [9.17, 15) is 27.6 Å². The van der Waals surface area contributed by atoms with Gasteiger partial charge in [0, 0.05) is 54.9 Å². The second-order valence-corrected chi connectivity index (χ2v) is 12.1. The number of hydrogen-bond donors (Lipinski definition) is 4. The lowest BCUT2D eigenvalue weighted by atomic mass is 9.79. The second kappa shape index (κ2) is 11.0. The van der Waals surface area contributed by atoms with E-state index in [0.717, 1.165) is 35.0 Å². The third-order valence-electron chi connectivity index (χ3n) is 9.26. The highest BCUT2D eigenvalue weighted by Crippen LogP contribution is 2.46. The zero-order valence-corrected chi connectivity index (χ0v) is 24.8. The lowest BCUT2D eigenvalue weighted by Gasteiger charge is -2.25. The summed E-state index contributed by atoms with van der Waals surface area (Å²) >= 11 is 0. The van der Waals surface area contributed by atoms with Crippen molar-refractivity contribution < 1.29 is 27.6 Å². The van der Waals surface area contributed by atoms with Crippen molar-refractivity contribution in [3.05, 3.63) is 117 Å². The molecule has 5 N–H and O–H groups in total. The highest BCUT2D eigenvalue weighted by molar-refractivity contribution is 6.06. The van der Waals surface area contributed by atoms with Crippen molar-refractivity contribution in [1.82, 2.24) is 20.2 Å². The molecule has 2 aliphatic heterocycles. The summed E-state index contributed by atoms with van der Waals surface area (Å²) in [5.41, 5.74) is 9.58. The summed E-state index contributed by atoms with van der Waals surface area (Å²) in [5, 5.41) is 13.6. The van der Waals surface area contributed by atoms with Gasteiger partial charge in [-0.1, -0.05) is 24.3 Å². The Morgan fingerprint density at radius 1 is 1.09 bits per heavy atom. The van der Waals surface area contributed by atoms with Crippen molar-refractivity contribution in [3.8, 4) is 0 Å². The summed E-state index contributed by atoms with van der Waals surface area (Å²) < 4.78 is 39.5. The number of amides is 3. The van der Waals surface area contributed by atoms with Gasteiger partial charge < -0.3 is 26.7 Å². The molecule has 1 unspecified atom stereocenters. The fraction of sp³-hybridized carbons (Fsp3) is 0.235. The third kappa shape index (κ3) is 5.17. The van der Waals surface area contributed by atoms with E-state index in [1.165, 1.54) is 17.0 Å². The van der Waals surface area contributed by atoms with Crippen LogP contribution in [0.4, 0.5) is 24.7 Å². The summed E-state index contributed by atoms with van der Waals surface area (Å²) in [6.45, 7) is 0.00147. The van der Waals surface area contributed by atoms with E-state index in [2.05, 4.69) is 20.6 Å². The number of alkyl halides is 3. The molecule has 7 rings (SSSR count). The lowest BCUT2D eigenvalue weighted by Crippen LogP contribution is -2.48. The van der Waals surface area contributed by atoms with Crippen molar-refractivity contribution in [1.29, 1.82) is 5.41 Å². The minimum absolute atomic E-state index is 0.0351. The molecule has 0 saturated heterocycles. The summed E-state index contributed by atoms with van der Waals surface area (Å²) in [7, 11) is 0. The number of pyridine rings is 2. The highest BCUT2D eigenvalue weighted by atomic mass is 19.4. The number of nitrogens with two attached hydrogens (primary N) is 1. The number of benzene rings is 2. The smallest absolute Gasteiger partial charge is 0.398 e. The molecule has 0 radical (unpaired) electrons. The van der Waals surface area contributed by atoms with Crippen LogP contribution < -0.4 is 16.4 Å². The molecular weight excluding hydrogens is 611 g/mol. The predicted molar refractivity (Wildman–Crippen MR) is 166 cm³/mol. The van der Waals surface area contributed by atoms with Gasteiger partial charge in [0.2, 0.25) is 11.8 Å². The number of nitrogens with zero attached hydrogens (tertiary/aromatic N) is 3. The van der Waals surface area contributed by atoms with Crippen LogP contribution >= 0.6 is 0 Å². The number of anilines is 2. The topological polar surface area (TPSA) is 154 Å². The van der Waals surface area contributed by atoms with Crippen LogP contribution in [0.5, 0.6) is 0 Å². The van der Waals surface area contributed by atoms with Gasteiger partial charge in [-0.3, -0.25) is 19.4 Å². The van der Waals surface area contributed by atoms with E-state index in [-0.39, 0.29) is 31.1 Å².